The van der Waals surface area contributed by atoms with Crippen LogP contribution in [0.4, 0.5) is 11.4 Å². The molecule has 8 nitrogen and oxygen atoms in total. The fourth-order valence-corrected chi connectivity index (χ4v) is 3.79. The Morgan fingerprint density at radius 2 is 1.77 bits per heavy atom. The number of benzene rings is 2. The first-order valence-corrected chi connectivity index (χ1v) is 13.9. The number of hydrogen-bond acceptors (Lipinski definition) is 8. The number of amidine groups is 1. The van der Waals surface area contributed by atoms with Crippen molar-refractivity contribution in [2.75, 3.05) is 5.01 Å². The van der Waals surface area contributed by atoms with Gasteiger partial charge in [0.15, 0.2) is 5.84 Å². The first-order chi connectivity index (χ1) is 14.7. The van der Waals surface area contributed by atoms with E-state index in [-0.39, 0.29) is 23.9 Å². The Balaban J connectivity index is 0.00000107. The van der Waals surface area contributed by atoms with E-state index in [0.29, 0.717) is 21.2 Å². The summed E-state index contributed by atoms with van der Waals surface area (Å²) in [6.45, 7) is 1.78. The topological polar surface area (TPSA) is 124 Å². The third-order valence-corrected chi connectivity index (χ3v) is 5.60. The van der Waals surface area contributed by atoms with Gasteiger partial charge >= 0.3 is 33.3 Å². The average molecular weight is 558 g/mol. The van der Waals surface area contributed by atoms with Crippen molar-refractivity contribution in [1.29, 1.82) is 5.41 Å². The molecule has 0 aliphatic carbocycles. The van der Waals surface area contributed by atoms with E-state index in [4.69, 9.17) is 43.4 Å². The van der Waals surface area contributed by atoms with Crippen LogP contribution in [0.5, 0.6) is 0 Å². The van der Waals surface area contributed by atoms with Gasteiger partial charge in [-0.05, 0) is 43.3 Å². The van der Waals surface area contributed by atoms with Gasteiger partial charge in [-0.15, -0.1) is 13.9 Å². The second kappa shape index (κ2) is 11.9. The van der Waals surface area contributed by atoms with Crippen molar-refractivity contribution in [1.82, 2.24) is 0 Å². The van der Waals surface area contributed by atoms with Gasteiger partial charge in [0, 0.05) is 17.5 Å². The van der Waals surface area contributed by atoms with Crippen LogP contribution in [0.15, 0.2) is 84.0 Å². The summed E-state index contributed by atoms with van der Waals surface area (Å²) in [5.41, 5.74) is 2.36. The van der Waals surface area contributed by atoms with Crippen LogP contribution in [0.1, 0.15) is 6.92 Å². The molecule has 0 radical (unpaired) electrons. The Bertz CT molecular complexity index is 1130. The summed E-state index contributed by atoms with van der Waals surface area (Å²) in [6.07, 6.45) is 0. The summed E-state index contributed by atoms with van der Waals surface area (Å²) < 4.78 is 26.8. The van der Waals surface area contributed by atoms with Gasteiger partial charge in [-0.25, -0.2) is 18.6 Å². The Morgan fingerprint density at radius 3 is 2.32 bits per heavy atom. The van der Waals surface area contributed by atoms with Crippen molar-refractivity contribution in [3.63, 3.8) is 0 Å². The summed E-state index contributed by atoms with van der Waals surface area (Å²) in [7, 11) is 5.78. The van der Waals surface area contributed by atoms with Crippen molar-refractivity contribution < 1.29 is 21.6 Å². The SMILES string of the molecule is CC1=NN(c2ccccc2)C(=N)/C1=C(/[S-])SN=Nc1ccc(S(N)(=O)=O)cc1.[Cl][Fe+][Cl]. The number of nitrogens with one attached hydrogen (secondary N) is 1. The third-order valence-electron chi connectivity index (χ3n) is 3.71. The summed E-state index contributed by atoms with van der Waals surface area (Å²) >= 11 is 6.52. The Hall–Kier alpha value is -1.50. The van der Waals surface area contributed by atoms with Gasteiger partial charge in [-0.2, -0.15) is 5.10 Å². The summed E-state index contributed by atoms with van der Waals surface area (Å²) in [4.78, 5) is -0.00239. The molecule has 0 saturated carbocycles. The number of rotatable bonds is 5. The standard InChI is InChI=1S/C17H16N6O2S3.2ClH.Fe/c1-11-15(16(18)23(21-11)13-5-3-2-4-6-13)17(26)27-22-20-12-7-9-14(10-8-12)28(19,24)25;;;/h2-10,18,26H,1H3,(H2,19,24,25);2*1H;/q;;;+3/p-3/b17-15-,18-16?,22-20?;;;. The van der Waals surface area contributed by atoms with Crippen LogP contribution >= 0.6 is 32.1 Å². The molecule has 0 bridgehead atoms. The van der Waals surface area contributed by atoms with Crippen LogP contribution in [0.3, 0.4) is 0 Å². The molecule has 31 heavy (non-hydrogen) atoms. The van der Waals surface area contributed by atoms with E-state index in [0.717, 1.165) is 17.6 Å². The van der Waals surface area contributed by atoms with Gasteiger partial charge < -0.3 is 12.6 Å². The molecule has 14 heteroatoms. The van der Waals surface area contributed by atoms with Crippen LogP contribution in [-0.4, -0.2) is 20.0 Å². The van der Waals surface area contributed by atoms with E-state index >= 15 is 0 Å². The first kappa shape index (κ1) is 25.8. The van der Waals surface area contributed by atoms with E-state index in [1.54, 1.807) is 6.92 Å². The molecule has 0 fully saturated rings. The van der Waals surface area contributed by atoms with Crippen molar-refractivity contribution in [3.05, 3.63) is 64.4 Å². The minimum atomic E-state index is -3.75. The molecule has 0 saturated heterocycles. The van der Waals surface area contributed by atoms with Crippen LogP contribution < -0.4 is 10.1 Å². The molecule has 0 amide bonds. The molecule has 1 aliphatic rings. The molecule has 1 aliphatic heterocycles. The van der Waals surface area contributed by atoms with Crippen molar-refractivity contribution in [2.45, 2.75) is 11.8 Å². The zero-order valence-electron chi connectivity index (χ0n) is 15.7. The molecule has 0 atom stereocenters. The monoisotopic (exact) mass is 557 g/mol. The number of sulfonamides is 1. The van der Waals surface area contributed by atoms with Gasteiger partial charge in [-0.1, -0.05) is 18.2 Å². The molecule has 2 aromatic carbocycles. The van der Waals surface area contributed by atoms with Crippen molar-refractivity contribution >= 4 is 77.7 Å². The Labute approximate surface area is 204 Å². The number of hydrogen-bond donors (Lipinski definition) is 2. The first-order valence-electron chi connectivity index (χ1n) is 8.16. The fraction of sp³-hybridized carbons (Fsp3) is 0.0588. The van der Waals surface area contributed by atoms with Crippen LogP contribution in [-0.2, 0) is 35.8 Å². The maximum absolute atomic E-state index is 11.2. The van der Waals surface area contributed by atoms with E-state index < -0.39 is 10.0 Å². The zero-order chi connectivity index (χ0) is 23.0. The Kier molecular flexibility index (Phi) is 9.91. The molecule has 165 valence electrons. The van der Waals surface area contributed by atoms with E-state index in [9.17, 15) is 8.42 Å². The fourth-order valence-electron chi connectivity index (χ4n) is 2.38. The minimum absolute atomic E-state index is 0.00239. The quantitative estimate of drug-likeness (QED) is 0.230. The molecular weight excluding hydrogens is 543 g/mol. The number of halogens is 2. The third kappa shape index (κ3) is 7.26. The van der Waals surface area contributed by atoms with Crippen LogP contribution in [0.25, 0.3) is 0 Å². The summed E-state index contributed by atoms with van der Waals surface area (Å²) in [6, 6.07) is 15.0. The maximum atomic E-state index is 11.2. The number of para-hydroxylation sites is 1. The molecule has 2 aromatic rings. The van der Waals surface area contributed by atoms with Crippen LogP contribution in [0, 0.1) is 5.41 Å². The molecule has 0 unspecified atom stereocenters. The molecule has 0 spiro atoms. The number of anilines is 1. The van der Waals surface area contributed by atoms with Crippen molar-refractivity contribution in [3.8, 4) is 0 Å². The number of nitrogens with two attached hydrogens (primary N) is 1. The van der Waals surface area contributed by atoms with E-state index in [2.05, 4.69) is 14.7 Å². The molecule has 3 N–H and O–H groups in total. The van der Waals surface area contributed by atoms with E-state index in [1.165, 1.54) is 29.3 Å². The number of nitrogens with zero attached hydrogens (tertiary/aromatic N) is 4. The summed E-state index contributed by atoms with van der Waals surface area (Å²) in [5.74, 6) is 0.175. The molecular formula is C17H15Cl2FeN6O2S3. The number of hydrazone groups is 1. The molecule has 3 rings (SSSR count). The summed E-state index contributed by atoms with van der Waals surface area (Å²) in [5, 5.41) is 23.3. The zero-order valence-corrected chi connectivity index (χ0v) is 20.8. The normalized spacial score (nSPS) is 15.5. The Morgan fingerprint density at radius 1 is 1.19 bits per heavy atom. The average Bonchev–Trinajstić information content (AvgIpc) is 3.03. The van der Waals surface area contributed by atoms with Gasteiger partial charge in [-0.3, -0.25) is 5.41 Å². The van der Waals surface area contributed by atoms with E-state index in [1.807, 2.05) is 30.3 Å². The predicted octanol–water partition coefficient (Wildman–Crippen LogP) is 5.07. The predicted molar refractivity (Wildman–Crippen MR) is 126 cm³/mol. The molecule has 0 aromatic heterocycles. The van der Waals surface area contributed by atoms with Gasteiger partial charge in [0.25, 0.3) is 0 Å². The number of primary sulfonamides is 1. The van der Waals surface area contributed by atoms with Crippen LogP contribution in [0.2, 0.25) is 0 Å². The second-order valence-electron chi connectivity index (χ2n) is 5.71. The second-order valence-corrected chi connectivity index (χ2v) is 10.5. The van der Waals surface area contributed by atoms with Gasteiger partial charge in [0.05, 0.1) is 22.0 Å². The van der Waals surface area contributed by atoms with Crippen molar-refractivity contribution in [2.24, 2.45) is 19.9 Å². The van der Waals surface area contributed by atoms with Gasteiger partial charge in [0.2, 0.25) is 10.0 Å². The molecule has 1 heterocycles. The van der Waals surface area contributed by atoms with Gasteiger partial charge in [0.1, 0.15) is 0 Å².